The van der Waals surface area contributed by atoms with Gasteiger partial charge < -0.3 is 24.2 Å². The Morgan fingerprint density at radius 2 is 2.16 bits per heavy atom. The number of carboxylic acid groups (broad SMARTS) is 1. The lowest BCUT2D eigenvalue weighted by Crippen LogP contribution is -2.72. The van der Waals surface area contributed by atoms with E-state index in [1.54, 1.807) is 20.8 Å². The number of thioether (sulfide) groups is 2. The van der Waals surface area contributed by atoms with E-state index in [1.165, 1.54) is 18.7 Å². The molecule has 9 nitrogen and oxygen atoms in total. The first-order chi connectivity index (χ1) is 14.4. The van der Waals surface area contributed by atoms with Gasteiger partial charge in [-0.3, -0.25) is 9.69 Å². The Bertz CT molecular complexity index is 801. The molecule has 5 atom stereocenters. The van der Waals surface area contributed by atoms with Gasteiger partial charge in [0.15, 0.2) is 11.3 Å². The molecule has 2 saturated heterocycles. The second kappa shape index (κ2) is 9.14. The predicted octanol–water partition coefficient (Wildman–Crippen LogP) is 1.13. The molecule has 3 heterocycles. The third-order valence-corrected chi connectivity index (χ3v) is 10.1. The standard InChI is InChI=1S/C19H27NO8S3/c1-5-28-18(3,4)17(25)27-9-19-12(10(2)21)14(22)20(19)13(15(23)24)16(30-19)29-11-6-7-31(26)8-11/h10-12,21H,5-9H2,1-4H3,(H,23,24)/t10-,11+,12+,19+,31-/m1/s1. The van der Waals surface area contributed by atoms with Crippen LogP contribution in [0.25, 0.3) is 0 Å². The number of hydrogen-bond acceptors (Lipinski definition) is 9. The molecule has 3 rings (SSSR count). The molecule has 0 spiro atoms. The van der Waals surface area contributed by atoms with Crippen LogP contribution in [-0.4, -0.2) is 84.1 Å². The zero-order valence-electron chi connectivity index (χ0n) is 17.8. The number of amides is 1. The summed E-state index contributed by atoms with van der Waals surface area (Å²) in [4.78, 5) is 37.3. The van der Waals surface area contributed by atoms with Crippen molar-refractivity contribution in [3.05, 3.63) is 9.93 Å². The average molecular weight is 494 g/mol. The molecule has 2 fully saturated rings. The second-order valence-electron chi connectivity index (χ2n) is 8.14. The molecular weight excluding hydrogens is 466 g/mol. The number of ether oxygens (including phenoxy) is 2. The van der Waals surface area contributed by atoms with Crippen molar-refractivity contribution in [3.63, 3.8) is 0 Å². The maximum absolute atomic E-state index is 12.8. The number of carboxylic acids is 1. The van der Waals surface area contributed by atoms with Gasteiger partial charge in [-0.25, -0.2) is 9.59 Å². The summed E-state index contributed by atoms with van der Waals surface area (Å²) in [5.74, 6) is -2.34. The molecule has 0 aliphatic carbocycles. The number of aliphatic carboxylic acids is 1. The highest BCUT2D eigenvalue weighted by atomic mass is 32.2. The first-order valence-electron chi connectivity index (χ1n) is 9.96. The quantitative estimate of drug-likeness (QED) is 0.273. The van der Waals surface area contributed by atoms with Crippen molar-refractivity contribution in [3.8, 4) is 0 Å². The fourth-order valence-electron chi connectivity index (χ4n) is 3.97. The molecule has 12 heteroatoms. The van der Waals surface area contributed by atoms with Gasteiger partial charge in [0.2, 0.25) is 5.91 Å². The van der Waals surface area contributed by atoms with Crippen LogP contribution < -0.4 is 0 Å². The summed E-state index contributed by atoms with van der Waals surface area (Å²) in [6, 6.07) is 0. The van der Waals surface area contributed by atoms with Crippen LogP contribution in [0.5, 0.6) is 0 Å². The van der Waals surface area contributed by atoms with E-state index in [4.69, 9.17) is 9.47 Å². The molecule has 1 amide bonds. The molecular formula is C19H27NO8S3. The normalized spacial score (nSPS) is 31.5. The Hall–Kier alpha value is -0.920. The van der Waals surface area contributed by atoms with Crippen LogP contribution in [0.1, 0.15) is 34.1 Å². The number of carbonyl (C=O) groups excluding carboxylic acids is 2. The highest BCUT2D eigenvalue weighted by molar-refractivity contribution is 8.23. The number of fused-ring (bicyclic) bond motifs is 1. The minimum atomic E-state index is -1.27. The Morgan fingerprint density at radius 1 is 1.48 bits per heavy atom. The van der Waals surface area contributed by atoms with Crippen molar-refractivity contribution in [1.82, 2.24) is 4.90 Å². The van der Waals surface area contributed by atoms with Crippen molar-refractivity contribution in [2.75, 3.05) is 24.7 Å². The molecule has 0 aromatic rings. The zero-order chi connectivity index (χ0) is 23.1. The van der Waals surface area contributed by atoms with Crippen molar-refractivity contribution in [1.29, 1.82) is 0 Å². The Morgan fingerprint density at radius 3 is 2.68 bits per heavy atom. The second-order valence-corrected chi connectivity index (χ2v) is 12.6. The molecule has 0 bridgehead atoms. The van der Waals surface area contributed by atoms with Crippen LogP contribution in [0, 0.1) is 5.92 Å². The van der Waals surface area contributed by atoms with Gasteiger partial charge in [0.1, 0.15) is 28.9 Å². The third kappa shape index (κ3) is 4.47. The Balaban J connectivity index is 1.87. The Labute approximate surface area is 192 Å². The largest absolute Gasteiger partial charge is 0.616 e. The molecule has 0 radical (unpaired) electrons. The molecule has 0 saturated carbocycles. The van der Waals surface area contributed by atoms with Gasteiger partial charge in [-0.15, -0.1) is 11.8 Å². The monoisotopic (exact) mass is 493 g/mol. The van der Waals surface area contributed by atoms with Gasteiger partial charge in [0.05, 0.1) is 15.6 Å². The summed E-state index contributed by atoms with van der Waals surface area (Å²) in [6.07, 6.45) is -0.375. The van der Waals surface area contributed by atoms with E-state index in [0.29, 0.717) is 28.8 Å². The van der Waals surface area contributed by atoms with E-state index in [1.807, 2.05) is 0 Å². The zero-order valence-corrected chi connectivity index (χ0v) is 20.2. The first-order valence-corrected chi connectivity index (χ1v) is 13.1. The van der Waals surface area contributed by atoms with Crippen LogP contribution in [-0.2, 0) is 35.0 Å². The molecule has 0 aromatic carbocycles. The molecule has 174 valence electrons. The molecule has 3 aliphatic heterocycles. The molecule has 0 unspecified atom stereocenters. The van der Waals surface area contributed by atoms with Crippen molar-refractivity contribution in [2.24, 2.45) is 5.92 Å². The number of nitrogens with zero attached hydrogens (tertiary/aromatic N) is 1. The van der Waals surface area contributed by atoms with Gasteiger partial charge >= 0.3 is 11.9 Å². The first kappa shape index (κ1) is 24.7. The third-order valence-electron chi connectivity index (χ3n) is 5.44. The highest BCUT2D eigenvalue weighted by Gasteiger charge is 2.69. The fraction of sp³-hybridized carbons (Fsp3) is 0.737. The number of aliphatic hydroxyl groups is 1. The lowest BCUT2D eigenvalue weighted by atomic mass is 9.82. The fourth-order valence-corrected chi connectivity index (χ4v) is 9.42. The van der Waals surface area contributed by atoms with Gasteiger partial charge in [0.25, 0.3) is 0 Å². The topological polar surface area (TPSA) is 136 Å². The average Bonchev–Trinajstić information content (AvgIpc) is 3.18. The molecule has 0 aromatic heterocycles. The molecule has 31 heavy (non-hydrogen) atoms. The summed E-state index contributed by atoms with van der Waals surface area (Å²) < 4.78 is 23.1. The summed E-state index contributed by atoms with van der Waals surface area (Å²) >= 11 is 1.49. The van der Waals surface area contributed by atoms with E-state index in [0.717, 1.165) is 16.7 Å². The Kier molecular flexibility index (Phi) is 7.29. The number of esters is 1. The van der Waals surface area contributed by atoms with Crippen LogP contribution in [0.2, 0.25) is 0 Å². The minimum Gasteiger partial charge on any atom is -0.616 e. The van der Waals surface area contributed by atoms with Crippen molar-refractivity contribution in [2.45, 2.75) is 55.9 Å². The van der Waals surface area contributed by atoms with E-state index >= 15 is 0 Å². The van der Waals surface area contributed by atoms with Crippen molar-refractivity contribution < 1.29 is 38.6 Å². The number of rotatable bonds is 9. The van der Waals surface area contributed by atoms with E-state index in [-0.39, 0.29) is 17.6 Å². The summed E-state index contributed by atoms with van der Waals surface area (Å²) in [5, 5.41) is 20.1. The van der Waals surface area contributed by atoms with Gasteiger partial charge in [-0.2, -0.15) is 0 Å². The molecule has 3 aliphatic rings. The number of aliphatic hydroxyl groups excluding tert-OH is 1. The SMILES string of the molecule is CCOC(C)(C)C(=O)OC[C@@]12SC(S[C@H]3CC[S@@+]([O-])C3)=C(C(=O)O)N1C(=O)[C@@H]2[C@@H](C)O. The van der Waals surface area contributed by atoms with Crippen LogP contribution >= 0.6 is 23.5 Å². The summed E-state index contributed by atoms with van der Waals surface area (Å²) in [7, 11) is 0. The van der Waals surface area contributed by atoms with E-state index < -0.39 is 51.5 Å². The van der Waals surface area contributed by atoms with Crippen molar-refractivity contribution >= 4 is 52.5 Å². The maximum Gasteiger partial charge on any atom is 0.354 e. The maximum atomic E-state index is 12.8. The lowest BCUT2D eigenvalue weighted by Gasteiger charge is -2.53. The summed E-state index contributed by atoms with van der Waals surface area (Å²) in [6.45, 7) is 6.36. The highest BCUT2D eigenvalue weighted by Crippen LogP contribution is 2.62. The van der Waals surface area contributed by atoms with Gasteiger partial charge in [0, 0.05) is 13.0 Å². The molecule has 2 N–H and O–H groups in total. The van der Waals surface area contributed by atoms with E-state index in [2.05, 4.69) is 0 Å². The summed E-state index contributed by atoms with van der Waals surface area (Å²) in [5.41, 5.74) is -1.38. The van der Waals surface area contributed by atoms with Gasteiger partial charge in [-0.05, 0) is 27.7 Å². The lowest BCUT2D eigenvalue weighted by molar-refractivity contribution is -0.183. The van der Waals surface area contributed by atoms with E-state index in [9.17, 15) is 29.1 Å². The predicted molar refractivity (Wildman–Crippen MR) is 118 cm³/mol. The minimum absolute atomic E-state index is 0.0204. The van der Waals surface area contributed by atoms with Crippen LogP contribution in [0.4, 0.5) is 0 Å². The number of carbonyl (C=O) groups is 3. The smallest absolute Gasteiger partial charge is 0.354 e. The van der Waals surface area contributed by atoms with Gasteiger partial charge in [-0.1, -0.05) is 22.9 Å². The number of hydrogen-bond donors (Lipinski definition) is 2. The van der Waals surface area contributed by atoms with Crippen LogP contribution in [0.15, 0.2) is 9.93 Å². The van der Waals surface area contributed by atoms with Crippen LogP contribution in [0.3, 0.4) is 0 Å². The number of β-lactam (4-membered cyclic amide) rings is 1.